The fourth-order valence-corrected chi connectivity index (χ4v) is 11.8. The van der Waals surface area contributed by atoms with Crippen LogP contribution in [0.15, 0.2) is 24.3 Å². The Bertz CT molecular complexity index is 1270. The zero-order chi connectivity index (χ0) is 58.5. The summed E-state index contributed by atoms with van der Waals surface area (Å²) in [6, 6.07) is -0.540. The molecule has 81 heavy (non-hydrogen) atoms. The average Bonchev–Trinajstić information content (AvgIpc) is 3.47. The fraction of sp³-hybridized carbons (Fsp3) is 0.920. The van der Waals surface area contributed by atoms with Gasteiger partial charge in [-0.2, -0.15) is 0 Å². The van der Waals surface area contributed by atoms with E-state index in [9.17, 15) is 19.8 Å². The SMILES string of the molecule is CCCCCC/C=C\CCCCCCCC(=O)OCCCCCCCCCCCCCC/C=C\CCCCCCCCCCCCCCCCCC(=O)NC(CO)C(O)CCCCCCCCCCCCCCCCCCCCCC. The minimum Gasteiger partial charge on any atom is -0.466 e. The summed E-state index contributed by atoms with van der Waals surface area (Å²) >= 11 is 0. The third kappa shape index (κ3) is 67.3. The highest BCUT2D eigenvalue weighted by molar-refractivity contribution is 5.76. The lowest BCUT2D eigenvalue weighted by Crippen LogP contribution is -2.45. The van der Waals surface area contributed by atoms with Crippen molar-refractivity contribution in [1.82, 2.24) is 5.32 Å². The maximum atomic E-state index is 12.5. The van der Waals surface area contributed by atoms with Crippen molar-refractivity contribution in [2.45, 2.75) is 431 Å². The van der Waals surface area contributed by atoms with Crippen LogP contribution in [0.25, 0.3) is 0 Å². The number of rotatable bonds is 70. The molecule has 480 valence electrons. The molecule has 0 bridgehead atoms. The Morgan fingerprint density at radius 1 is 0.333 bits per heavy atom. The second-order valence-electron chi connectivity index (χ2n) is 25.6. The van der Waals surface area contributed by atoms with Gasteiger partial charge in [-0.05, 0) is 77.0 Å². The molecule has 2 unspecified atom stereocenters. The van der Waals surface area contributed by atoms with E-state index in [1.807, 2.05) is 0 Å². The van der Waals surface area contributed by atoms with E-state index in [1.165, 1.54) is 340 Å². The first-order valence-corrected chi connectivity index (χ1v) is 37.1. The van der Waals surface area contributed by atoms with Crippen molar-refractivity contribution in [2.75, 3.05) is 13.2 Å². The lowest BCUT2D eigenvalue weighted by atomic mass is 10.0. The molecule has 6 heteroatoms. The molecule has 0 aromatic heterocycles. The third-order valence-corrected chi connectivity index (χ3v) is 17.5. The van der Waals surface area contributed by atoms with Gasteiger partial charge in [0.05, 0.1) is 25.4 Å². The molecule has 0 aliphatic carbocycles. The highest BCUT2D eigenvalue weighted by Gasteiger charge is 2.20. The quantitative estimate of drug-likeness (QED) is 0.0320. The monoisotopic (exact) mass is 1140 g/mol. The summed E-state index contributed by atoms with van der Waals surface area (Å²) < 4.78 is 5.48. The molecule has 0 saturated carbocycles. The first kappa shape index (κ1) is 79.3. The fourth-order valence-electron chi connectivity index (χ4n) is 11.8. The predicted octanol–water partition coefficient (Wildman–Crippen LogP) is 24.1. The van der Waals surface area contributed by atoms with Crippen LogP contribution in [0.5, 0.6) is 0 Å². The number of esters is 1. The van der Waals surface area contributed by atoms with Crippen molar-refractivity contribution in [2.24, 2.45) is 0 Å². The Kier molecular flexibility index (Phi) is 69.4. The van der Waals surface area contributed by atoms with E-state index in [0.29, 0.717) is 25.9 Å². The van der Waals surface area contributed by atoms with Crippen molar-refractivity contribution in [3.8, 4) is 0 Å². The van der Waals surface area contributed by atoms with Crippen molar-refractivity contribution in [3.63, 3.8) is 0 Å². The minimum atomic E-state index is -0.663. The Balaban J connectivity index is 3.36. The van der Waals surface area contributed by atoms with Gasteiger partial charge in [0.1, 0.15) is 0 Å². The number of carbonyl (C=O) groups is 2. The zero-order valence-electron chi connectivity index (χ0n) is 55.0. The second kappa shape index (κ2) is 70.8. The molecular formula is C75H145NO5. The highest BCUT2D eigenvalue weighted by Crippen LogP contribution is 2.19. The van der Waals surface area contributed by atoms with Crippen LogP contribution in [0.1, 0.15) is 418 Å². The minimum absolute atomic E-state index is 0.00913. The predicted molar refractivity (Wildman–Crippen MR) is 356 cm³/mol. The lowest BCUT2D eigenvalue weighted by Gasteiger charge is -2.22. The van der Waals surface area contributed by atoms with E-state index in [2.05, 4.69) is 43.5 Å². The van der Waals surface area contributed by atoms with E-state index < -0.39 is 12.1 Å². The number of allylic oxidation sites excluding steroid dienone is 4. The summed E-state index contributed by atoms with van der Waals surface area (Å²) in [7, 11) is 0. The average molecular weight is 1140 g/mol. The molecular weight excluding hydrogens is 995 g/mol. The van der Waals surface area contributed by atoms with Crippen LogP contribution in [-0.2, 0) is 14.3 Å². The Labute approximate surface area is 507 Å². The van der Waals surface area contributed by atoms with Gasteiger partial charge in [-0.25, -0.2) is 0 Å². The van der Waals surface area contributed by atoms with Gasteiger partial charge >= 0.3 is 5.97 Å². The van der Waals surface area contributed by atoms with Crippen LogP contribution in [-0.4, -0.2) is 47.4 Å². The molecule has 3 N–H and O–H groups in total. The van der Waals surface area contributed by atoms with E-state index in [0.717, 1.165) is 44.9 Å². The molecule has 0 fully saturated rings. The molecule has 0 aliphatic rings. The number of nitrogens with one attached hydrogen (secondary N) is 1. The molecule has 0 saturated heterocycles. The maximum Gasteiger partial charge on any atom is 0.305 e. The largest absolute Gasteiger partial charge is 0.466 e. The topological polar surface area (TPSA) is 95.9 Å². The third-order valence-electron chi connectivity index (χ3n) is 17.5. The van der Waals surface area contributed by atoms with Crippen LogP contribution >= 0.6 is 0 Å². The Hall–Kier alpha value is -1.66. The summed E-state index contributed by atoms with van der Waals surface area (Å²) in [6.45, 7) is 4.98. The van der Waals surface area contributed by atoms with Gasteiger partial charge in [0.25, 0.3) is 0 Å². The number of unbranched alkanes of at least 4 members (excludes halogenated alkanes) is 55. The number of aliphatic hydroxyl groups is 2. The van der Waals surface area contributed by atoms with Gasteiger partial charge in [-0.1, -0.05) is 353 Å². The smallest absolute Gasteiger partial charge is 0.305 e. The lowest BCUT2D eigenvalue weighted by molar-refractivity contribution is -0.143. The van der Waals surface area contributed by atoms with Gasteiger partial charge in [0.2, 0.25) is 5.91 Å². The zero-order valence-corrected chi connectivity index (χ0v) is 55.0. The van der Waals surface area contributed by atoms with Crippen LogP contribution in [0.4, 0.5) is 0 Å². The van der Waals surface area contributed by atoms with Gasteiger partial charge in [-0.15, -0.1) is 0 Å². The molecule has 0 rings (SSSR count). The van der Waals surface area contributed by atoms with Gasteiger partial charge in [0, 0.05) is 12.8 Å². The van der Waals surface area contributed by atoms with Gasteiger partial charge in [0.15, 0.2) is 0 Å². The number of hydrogen-bond acceptors (Lipinski definition) is 5. The Morgan fingerprint density at radius 2 is 0.580 bits per heavy atom. The molecule has 0 aliphatic heterocycles. The van der Waals surface area contributed by atoms with Crippen molar-refractivity contribution in [3.05, 3.63) is 24.3 Å². The molecule has 0 aromatic rings. The normalized spacial score (nSPS) is 12.6. The van der Waals surface area contributed by atoms with E-state index in [4.69, 9.17) is 4.74 Å². The standard InChI is InChI=1S/C75H145NO5/c1-3-5-7-9-11-13-15-17-18-19-20-34-37-40-44-47-51-55-59-63-67-73(78)72(71-77)76-74(79)68-64-60-56-52-48-45-41-38-35-32-30-28-26-24-22-21-23-25-27-29-31-33-36-39-42-46-50-54-58-62-66-70-81-75(80)69-65-61-57-53-49-43-16-14-12-10-8-6-4-2/h14,16,23,25,72-73,77-78H,3-13,15,17-22,24,26-71H2,1-2H3,(H,76,79)/b16-14-,25-23-. The van der Waals surface area contributed by atoms with E-state index in [-0.39, 0.29) is 18.5 Å². The maximum absolute atomic E-state index is 12.5. The molecule has 0 heterocycles. The number of ether oxygens (including phenoxy) is 1. The van der Waals surface area contributed by atoms with Crippen LogP contribution in [0, 0.1) is 0 Å². The van der Waals surface area contributed by atoms with Gasteiger partial charge in [-0.3, -0.25) is 9.59 Å². The summed E-state index contributed by atoms with van der Waals surface area (Å²) in [5.74, 6) is -0.0191. The summed E-state index contributed by atoms with van der Waals surface area (Å²) in [6.07, 6.45) is 89.6. The number of aliphatic hydroxyl groups excluding tert-OH is 2. The summed E-state index contributed by atoms with van der Waals surface area (Å²) in [5.41, 5.74) is 0. The molecule has 2 atom stereocenters. The molecule has 1 amide bonds. The van der Waals surface area contributed by atoms with Crippen LogP contribution in [0.3, 0.4) is 0 Å². The highest BCUT2D eigenvalue weighted by atomic mass is 16.5. The van der Waals surface area contributed by atoms with E-state index in [1.54, 1.807) is 0 Å². The second-order valence-corrected chi connectivity index (χ2v) is 25.6. The molecule has 0 aromatic carbocycles. The number of carbonyl (C=O) groups excluding carboxylic acids is 2. The van der Waals surface area contributed by atoms with Crippen molar-refractivity contribution < 1.29 is 24.5 Å². The first-order valence-electron chi connectivity index (χ1n) is 37.1. The number of hydrogen-bond donors (Lipinski definition) is 3. The Morgan fingerprint density at radius 3 is 0.889 bits per heavy atom. The van der Waals surface area contributed by atoms with Crippen LogP contribution < -0.4 is 5.32 Å². The molecule has 0 radical (unpaired) electrons. The summed E-state index contributed by atoms with van der Waals surface area (Å²) in [4.78, 5) is 24.6. The van der Waals surface area contributed by atoms with Crippen molar-refractivity contribution in [1.29, 1.82) is 0 Å². The van der Waals surface area contributed by atoms with E-state index >= 15 is 0 Å². The van der Waals surface area contributed by atoms with Crippen LogP contribution in [0.2, 0.25) is 0 Å². The molecule has 6 nitrogen and oxygen atoms in total. The first-order chi connectivity index (χ1) is 40.0. The molecule has 0 spiro atoms. The van der Waals surface area contributed by atoms with Crippen molar-refractivity contribution >= 4 is 11.9 Å². The van der Waals surface area contributed by atoms with Gasteiger partial charge < -0.3 is 20.3 Å². The number of amides is 1. The summed E-state index contributed by atoms with van der Waals surface area (Å²) in [5, 5.41) is 23.4.